The maximum Gasteiger partial charge on any atom is 0.188 e. The quantitative estimate of drug-likeness (QED) is 0.106. The number of hydrogen-bond donors (Lipinski definition) is 2. The molecule has 0 saturated carbocycles. The Hall–Kier alpha value is -8.42. The van der Waals surface area contributed by atoms with Crippen molar-refractivity contribution in [2.75, 3.05) is 38.4 Å². The Labute approximate surface area is 396 Å². The number of hydrogen-bond acceptors (Lipinski definition) is 6. The van der Waals surface area contributed by atoms with Gasteiger partial charge in [0.15, 0.2) is 25.1 Å². The van der Waals surface area contributed by atoms with Crippen molar-refractivity contribution in [2.24, 2.45) is 0 Å². The van der Waals surface area contributed by atoms with Gasteiger partial charge in [0.25, 0.3) is 0 Å². The Morgan fingerprint density at radius 1 is 0.309 bits per heavy atom. The molecule has 330 valence electrons. The molecule has 6 nitrogen and oxygen atoms in total. The van der Waals surface area contributed by atoms with Crippen LogP contribution >= 0.6 is 0 Å². The van der Waals surface area contributed by atoms with Gasteiger partial charge in [-0.3, -0.25) is 0 Å². The molecule has 0 bridgehead atoms. The predicted octanol–water partition coefficient (Wildman–Crippen LogP) is 16.4. The van der Waals surface area contributed by atoms with Crippen LogP contribution in [0.25, 0.3) is 87.6 Å². The monoisotopic (exact) mass is 884 g/mol. The van der Waals surface area contributed by atoms with Gasteiger partial charge in [-0.05, 0) is 89.6 Å². The highest BCUT2D eigenvalue weighted by Gasteiger charge is 2.25. The zero-order valence-corrected chi connectivity index (χ0v) is 37.8. The first-order valence-electron chi connectivity index (χ1n) is 22.8. The van der Waals surface area contributed by atoms with E-state index in [0.29, 0.717) is 11.5 Å². The molecule has 6 heteroatoms. The van der Waals surface area contributed by atoms with Gasteiger partial charge in [0.05, 0.1) is 22.7 Å². The van der Waals surface area contributed by atoms with Crippen molar-refractivity contribution in [2.45, 2.75) is 0 Å². The molecule has 0 aliphatic carbocycles. The lowest BCUT2D eigenvalue weighted by Gasteiger charge is -2.24. The van der Waals surface area contributed by atoms with Crippen molar-refractivity contribution in [3.63, 3.8) is 0 Å². The Kier molecular flexibility index (Phi) is 11.7. The number of ether oxygens (including phenoxy) is 4. The fourth-order valence-electron chi connectivity index (χ4n) is 9.66. The molecule has 11 rings (SSSR count). The van der Waals surface area contributed by atoms with Crippen LogP contribution in [-0.2, 0) is 9.47 Å². The van der Waals surface area contributed by atoms with Gasteiger partial charge >= 0.3 is 0 Å². The van der Waals surface area contributed by atoms with Crippen molar-refractivity contribution < 1.29 is 18.9 Å². The van der Waals surface area contributed by atoms with Crippen LogP contribution in [-0.4, -0.2) is 27.8 Å². The number of methoxy groups -OCH3 is 2. The molecule has 0 aliphatic rings. The molecule has 0 saturated heterocycles. The first kappa shape index (κ1) is 42.2. The van der Waals surface area contributed by atoms with E-state index in [1.54, 1.807) is 14.2 Å². The highest BCUT2D eigenvalue weighted by molar-refractivity contribution is 6.16. The summed E-state index contributed by atoms with van der Waals surface area (Å²) in [4.78, 5) is 0. The summed E-state index contributed by atoms with van der Waals surface area (Å²) in [7, 11) is 3.31. The summed E-state index contributed by atoms with van der Waals surface area (Å²) in [5.74, 6) is 1.35. The van der Waals surface area contributed by atoms with Crippen molar-refractivity contribution in [3.05, 3.63) is 218 Å². The van der Waals surface area contributed by atoms with Gasteiger partial charge in [-0.15, -0.1) is 0 Å². The number of rotatable bonds is 14. The third kappa shape index (κ3) is 7.92. The van der Waals surface area contributed by atoms with Crippen LogP contribution in [0.15, 0.2) is 218 Å². The molecule has 0 heterocycles. The third-order valence-electron chi connectivity index (χ3n) is 12.6. The van der Waals surface area contributed by atoms with E-state index in [4.69, 9.17) is 18.9 Å². The molecule has 0 aliphatic heterocycles. The molecule has 11 aromatic rings. The van der Waals surface area contributed by atoms with Gasteiger partial charge in [-0.25, -0.2) is 0 Å². The molecule has 2 N–H and O–H groups in total. The Morgan fingerprint density at radius 2 is 0.647 bits per heavy atom. The second kappa shape index (κ2) is 18.8. The SMILES string of the molecule is COCOc1c(Nc2ccccc2Nc2cc3ccccc3c(-c3c(-c4ccccc4)ccc4ccccc34)c2OCOC)cc2ccccc2c1-c1c(-c2ccccc2)ccc2ccccc12. The Balaban J connectivity index is 1.12. The third-order valence-corrected chi connectivity index (χ3v) is 12.6. The lowest BCUT2D eigenvalue weighted by molar-refractivity contribution is 0.0520. The maximum absolute atomic E-state index is 6.77. The zero-order chi connectivity index (χ0) is 45.8. The minimum atomic E-state index is 0.0462. The van der Waals surface area contributed by atoms with Gasteiger partial charge in [-0.1, -0.05) is 194 Å². The lowest BCUT2D eigenvalue weighted by atomic mass is 9.86. The second-order valence-electron chi connectivity index (χ2n) is 16.7. The van der Waals surface area contributed by atoms with E-state index in [-0.39, 0.29) is 13.6 Å². The summed E-state index contributed by atoms with van der Waals surface area (Å²) in [6, 6.07) is 76.7. The van der Waals surface area contributed by atoms with Gasteiger partial charge in [0.2, 0.25) is 0 Å². The van der Waals surface area contributed by atoms with Crippen LogP contribution in [0.5, 0.6) is 11.5 Å². The summed E-state index contributed by atoms with van der Waals surface area (Å²) in [6.45, 7) is 0.0924. The molecule has 0 radical (unpaired) electrons. The van der Waals surface area contributed by atoms with Gasteiger partial charge in [0, 0.05) is 36.5 Å². The molecular formula is C62H48N2O4. The molecule has 0 unspecified atom stereocenters. The van der Waals surface area contributed by atoms with Crippen LogP contribution in [0.3, 0.4) is 0 Å². The summed E-state index contributed by atoms with van der Waals surface area (Å²) < 4.78 is 24.9. The smallest absolute Gasteiger partial charge is 0.188 e. The maximum atomic E-state index is 6.77. The molecule has 68 heavy (non-hydrogen) atoms. The Morgan fingerprint density at radius 3 is 1.04 bits per heavy atom. The number of benzene rings is 11. The topological polar surface area (TPSA) is 61.0 Å². The average Bonchev–Trinajstić information content (AvgIpc) is 3.40. The average molecular weight is 885 g/mol. The fourth-order valence-corrected chi connectivity index (χ4v) is 9.66. The van der Waals surface area contributed by atoms with E-state index in [1.165, 1.54) is 0 Å². The molecule has 0 atom stereocenters. The molecular weight excluding hydrogens is 837 g/mol. The number of fused-ring (bicyclic) bond motifs is 4. The van der Waals surface area contributed by atoms with E-state index >= 15 is 0 Å². The first-order chi connectivity index (χ1) is 33.7. The van der Waals surface area contributed by atoms with Crippen molar-refractivity contribution >= 4 is 65.8 Å². The summed E-state index contributed by atoms with van der Waals surface area (Å²) in [5, 5.41) is 16.5. The molecule has 0 spiro atoms. The lowest BCUT2D eigenvalue weighted by Crippen LogP contribution is -2.07. The summed E-state index contributed by atoms with van der Waals surface area (Å²) in [5.41, 5.74) is 11.8. The van der Waals surface area contributed by atoms with E-state index in [9.17, 15) is 0 Å². The molecule has 0 aromatic heterocycles. The van der Waals surface area contributed by atoms with E-state index < -0.39 is 0 Å². The fraction of sp³-hybridized carbons (Fsp3) is 0.0645. The highest BCUT2D eigenvalue weighted by atomic mass is 16.7. The van der Waals surface area contributed by atoms with E-state index in [2.05, 4.69) is 217 Å². The van der Waals surface area contributed by atoms with Crippen molar-refractivity contribution in [3.8, 4) is 56.0 Å². The molecule has 0 fully saturated rings. The Bertz CT molecular complexity index is 3370. The van der Waals surface area contributed by atoms with E-state index in [1.807, 2.05) is 12.1 Å². The van der Waals surface area contributed by atoms with Crippen molar-refractivity contribution in [1.82, 2.24) is 0 Å². The minimum Gasteiger partial charge on any atom is -0.465 e. The van der Waals surface area contributed by atoms with E-state index in [0.717, 1.165) is 110 Å². The van der Waals surface area contributed by atoms with Gasteiger partial charge in [-0.2, -0.15) is 0 Å². The number of anilines is 4. The van der Waals surface area contributed by atoms with Crippen LogP contribution in [0.2, 0.25) is 0 Å². The largest absolute Gasteiger partial charge is 0.465 e. The standard InChI is InChI=1S/C62H48N2O4/c1-65-39-67-61-55(37-45-25-11-15-29-49(45)59(61)57-47-27-13-9-23-43(47)33-35-51(57)41-19-5-3-6-20-41)63-53-31-17-18-32-54(53)64-56-38-46-26-12-16-30-50(46)60(62(56)68-40-66-2)58-48-28-14-10-24-44(48)34-36-52(58)42-21-7-4-8-22-42/h3-38,63-64H,39-40H2,1-2H3. The van der Waals surface area contributed by atoms with Gasteiger partial charge < -0.3 is 29.6 Å². The normalized spacial score (nSPS) is 11.3. The minimum absolute atomic E-state index is 0.0462. The first-order valence-corrected chi connectivity index (χ1v) is 22.8. The number of para-hydroxylation sites is 2. The van der Waals surface area contributed by atoms with Crippen LogP contribution in [0.4, 0.5) is 22.7 Å². The predicted molar refractivity (Wildman–Crippen MR) is 283 cm³/mol. The second-order valence-corrected chi connectivity index (χ2v) is 16.7. The highest BCUT2D eigenvalue weighted by Crippen LogP contribution is 2.52. The number of nitrogens with one attached hydrogen (secondary N) is 2. The summed E-state index contributed by atoms with van der Waals surface area (Å²) >= 11 is 0. The molecule has 11 aromatic carbocycles. The van der Waals surface area contributed by atoms with Crippen molar-refractivity contribution in [1.29, 1.82) is 0 Å². The zero-order valence-electron chi connectivity index (χ0n) is 37.8. The molecule has 0 amide bonds. The van der Waals surface area contributed by atoms with Gasteiger partial charge in [0.1, 0.15) is 0 Å². The van der Waals surface area contributed by atoms with Crippen LogP contribution in [0.1, 0.15) is 0 Å². The van der Waals surface area contributed by atoms with Crippen LogP contribution in [0, 0.1) is 0 Å². The summed E-state index contributed by atoms with van der Waals surface area (Å²) in [6.07, 6.45) is 0. The van der Waals surface area contributed by atoms with Crippen LogP contribution < -0.4 is 20.1 Å².